The Labute approximate surface area is 396 Å². The van der Waals surface area contributed by atoms with Crippen LogP contribution in [0.25, 0.3) is 0 Å². The van der Waals surface area contributed by atoms with Gasteiger partial charge in [-0.15, -0.1) is 0 Å². The molecule has 0 amide bonds. The first-order valence-corrected chi connectivity index (χ1v) is 27.7. The fraction of sp³-hybridized carbons (Fsp3) is 1.00. The molecule has 13 heteroatoms. The van der Waals surface area contributed by atoms with Crippen molar-refractivity contribution in [2.45, 2.75) is 257 Å². The molecule has 0 radical (unpaired) electrons. The van der Waals surface area contributed by atoms with Crippen molar-refractivity contribution >= 4 is 58.0 Å². The van der Waals surface area contributed by atoms with E-state index in [-0.39, 0.29) is 50.8 Å². The first-order valence-electron chi connectivity index (χ1n) is 24.6. The Balaban J connectivity index is -0.00000105. The third-order valence-corrected chi connectivity index (χ3v) is 12.5. The minimum Gasteiger partial charge on any atom is -0.748 e. The number of rotatable bonds is 46. The fourth-order valence-electron chi connectivity index (χ4n) is 7.35. The number of aliphatic hydroxyl groups is 2. The largest absolute Gasteiger partial charge is 2.00 e. The van der Waals surface area contributed by atoms with Crippen molar-refractivity contribution in [1.82, 2.24) is 10.6 Å². The Bertz CT molecular complexity index is 945. The van der Waals surface area contributed by atoms with E-state index < -0.39 is 43.9 Å². The summed E-state index contributed by atoms with van der Waals surface area (Å²) < 4.78 is 62.8. The summed E-state index contributed by atoms with van der Waals surface area (Å²) in [5, 5.41) is 25.3. The second kappa shape index (κ2) is 49.9. The van der Waals surface area contributed by atoms with Gasteiger partial charge >= 0.3 is 37.7 Å². The molecule has 0 aromatic carbocycles. The third kappa shape index (κ3) is 63.3. The van der Waals surface area contributed by atoms with E-state index in [1.807, 2.05) is 0 Å². The zero-order valence-corrected chi connectivity index (χ0v) is 42.6. The summed E-state index contributed by atoms with van der Waals surface area (Å²) in [6, 6.07) is 0. The Morgan fingerprint density at radius 3 is 0.746 bits per heavy atom. The van der Waals surface area contributed by atoms with Gasteiger partial charge in [0.2, 0.25) is 0 Å². The minimum absolute atomic E-state index is 0. The molecule has 10 nitrogen and oxygen atoms in total. The van der Waals surface area contributed by atoms with Gasteiger partial charge in [0.15, 0.2) is 0 Å². The van der Waals surface area contributed by atoms with Crippen molar-refractivity contribution in [3.63, 3.8) is 0 Å². The molecule has 2 unspecified atom stereocenters. The van der Waals surface area contributed by atoms with Crippen molar-refractivity contribution in [3.05, 3.63) is 0 Å². The number of nitrogens with one attached hydrogen (secondary N) is 2. The average Bonchev–Trinajstić information content (AvgIpc) is 3.17. The van der Waals surface area contributed by atoms with Gasteiger partial charge < -0.3 is 30.0 Å². The molecule has 0 saturated heterocycles. The summed E-state index contributed by atoms with van der Waals surface area (Å²) in [4.78, 5) is 0. The number of unbranched alkanes of at least 4 members (excludes halogenated alkanes) is 32. The van der Waals surface area contributed by atoms with Gasteiger partial charge in [-0.2, -0.15) is 0 Å². The van der Waals surface area contributed by atoms with Crippen LogP contribution in [0.5, 0.6) is 0 Å². The first kappa shape index (κ1) is 64.2. The monoisotopic (exact) mass is 909 g/mol. The normalized spacial score (nSPS) is 12.8. The zero-order valence-electron chi connectivity index (χ0n) is 38.7. The fourth-order valence-corrected chi connectivity index (χ4v) is 8.13. The molecule has 0 rings (SSSR count). The maximum atomic E-state index is 10.5. The Morgan fingerprint density at radius 1 is 0.373 bits per heavy atom. The van der Waals surface area contributed by atoms with Crippen molar-refractivity contribution in [3.8, 4) is 0 Å². The molecule has 0 aliphatic rings. The van der Waals surface area contributed by atoms with E-state index in [1.54, 1.807) is 0 Å². The van der Waals surface area contributed by atoms with Gasteiger partial charge in [0.1, 0.15) is 0 Å². The second-order valence-corrected chi connectivity index (χ2v) is 20.2. The molecule has 59 heavy (non-hydrogen) atoms. The molecule has 0 aliphatic heterocycles. The topological polar surface area (TPSA) is 179 Å². The quantitative estimate of drug-likeness (QED) is 0.0261. The van der Waals surface area contributed by atoms with Crippen molar-refractivity contribution in [2.24, 2.45) is 0 Å². The van der Waals surface area contributed by atoms with E-state index >= 15 is 0 Å². The van der Waals surface area contributed by atoms with Gasteiger partial charge in [-0.3, -0.25) is 0 Å². The van der Waals surface area contributed by atoms with Gasteiger partial charge in [-0.05, 0) is 12.8 Å². The predicted octanol–water partition coefficient (Wildman–Crippen LogP) is 10.7. The van der Waals surface area contributed by atoms with Gasteiger partial charge in [0.25, 0.3) is 0 Å². The summed E-state index contributed by atoms with van der Waals surface area (Å²) in [7, 11) is -8.32. The van der Waals surface area contributed by atoms with Crippen LogP contribution in [-0.2, 0) is 20.2 Å². The average molecular weight is 909 g/mol. The van der Waals surface area contributed by atoms with Crippen LogP contribution >= 0.6 is 0 Å². The van der Waals surface area contributed by atoms with E-state index in [0.717, 1.165) is 38.5 Å². The van der Waals surface area contributed by atoms with Crippen LogP contribution in [0.15, 0.2) is 0 Å². The smallest absolute Gasteiger partial charge is 0.748 e. The Hall–Kier alpha value is 0.920. The van der Waals surface area contributed by atoms with Crippen LogP contribution in [0.1, 0.15) is 245 Å². The summed E-state index contributed by atoms with van der Waals surface area (Å²) in [6.07, 6.45) is 46.1. The van der Waals surface area contributed by atoms with E-state index in [1.165, 1.54) is 193 Å². The maximum absolute atomic E-state index is 10.5. The SMILES string of the molecule is CCCCCCCCCCCCCCCCCCCC(O)CNCCS(=O)(=O)[O-].CCCCCCCCCCCCCCCCCCCC(O)CNCCS(=O)(=O)[O-].[Ca+2]. The van der Waals surface area contributed by atoms with Crippen LogP contribution in [0.3, 0.4) is 0 Å². The molecule has 0 spiro atoms. The summed E-state index contributed by atoms with van der Waals surface area (Å²) in [5.41, 5.74) is 0. The van der Waals surface area contributed by atoms with Crippen LogP contribution in [0.2, 0.25) is 0 Å². The minimum atomic E-state index is -4.16. The molecule has 4 N–H and O–H groups in total. The molecule has 0 heterocycles. The molecule has 0 bridgehead atoms. The number of aliphatic hydroxyl groups excluding tert-OH is 2. The molecular weight excluding hydrogens is 813 g/mol. The number of hydrogen-bond acceptors (Lipinski definition) is 10. The van der Waals surface area contributed by atoms with E-state index in [9.17, 15) is 36.2 Å². The maximum Gasteiger partial charge on any atom is 2.00 e. The first-order chi connectivity index (χ1) is 27.9. The molecule has 0 aliphatic carbocycles. The summed E-state index contributed by atoms with van der Waals surface area (Å²) in [5.74, 6) is -0.836. The van der Waals surface area contributed by atoms with Crippen molar-refractivity contribution in [2.75, 3.05) is 37.7 Å². The van der Waals surface area contributed by atoms with Crippen LogP contribution < -0.4 is 10.6 Å². The zero-order chi connectivity index (χ0) is 43.3. The van der Waals surface area contributed by atoms with E-state index in [4.69, 9.17) is 0 Å². The van der Waals surface area contributed by atoms with Gasteiger partial charge in [0, 0.05) is 26.2 Å². The second-order valence-electron chi connectivity index (χ2n) is 17.1. The standard InChI is InChI=1S/2C23H49NO4S.Ca/c2*1-2-3-4-5-6-7-8-9-10-11-12-13-14-15-16-17-18-19-23(25)22-24-20-21-29(26,27)28;/h2*23-25H,2-22H2,1H3,(H,26,27,28);/q;;+2/p-2. The van der Waals surface area contributed by atoms with E-state index in [2.05, 4.69) is 24.5 Å². The molecule has 2 atom stereocenters. The van der Waals surface area contributed by atoms with Crippen LogP contribution in [0.4, 0.5) is 0 Å². The molecular formula is C46H96CaN2O8S2. The van der Waals surface area contributed by atoms with E-state index in [0.29, 0.717) is 13.1 Å². The third-order valence-electron chi connectivity index (χ3n) is 11.1. The Morgan fingerprint density at radius 2 is 0.559 bits per heavy atom. The molecule has 0 fully saturated rings. The summed E-state index contributed by atoms with van der Waals surface area (Å²) >= 11 is 0. The van der Waals surface area contributed by atoms with Crippen molar-refractivity contribution < 1.29 is 36.2 Å². The van der Waals surface area contributed by atoms with Crippen molar-refractivity contribution in [1.29, 1.82) is 0 Å². The van der Waals surface area contributed by atoms with Gasteiger partial charge in [-0.1, -0.05) is 232 Å². The van der Waals surface area contributed by atoms with Gasteiger partial charge in [-0.25, -0.2) is 16.8 Å². The number of hydrogen-bond donors (Lipinski definition) is 4. The molecule has 352 valence electrons. The predicted molar refractivity (Wildman–Crippen MR) is 250 cm³/mol. The Kier molecular flexibility index (Phi) is 54.3. The molecule has 0 aromatic rings. The molecule has 0 aromatic heterocycles. The van der Waals surface area contributed by atoms with Crippen LogP contribution in [-0.4, -0.2) is 124 Å². The van der Waals surface area contributed by atoms with Crippen LogP contribution in [0, 0.1) is 0 Å². The summed E-state index contributed by atoms with van der Waals surface area (Å²) in [6.45, 7) is 5.48. The molecule has 0 saturated carbocycles. The van der Waals surface area contributed by atoms with Gasteiger partial charge in [0.05, 0.1) is 43.9 Å².